The summed E-state index contributed by atoms with van der Waals surface area (Å²) in [6.45, 7) is 3.63. The van der Waals surface area contributed by atoms with Crippen LogP contribution in [0.5, 0.6) is 5.75 Å². The van der Waals surface area contributed by atoms with E-state index in [0.717, 1.165) is 6.42 Å². The molecule has 0 aromatic heterocycles. The second kappa shape index (κ2) is 9.13. The maximum Gasteiger partial charge on any atom is 0.308 e. The van der Waals surface area contributed by atoms with Crippen molar-refractivity contribution in [1.82, 2.24) is 4.90 Å². The molecule has 1 aliphatic heterocycles. The third-order valence-corrected chi connectivity index (χ3v) is 5.06. The molecule has 7 heteroatoms. The molecule has 30 heavy (non-hydrogen) atoms. The van der Waals surface area contributed by atoms with Crippen LogP contribution in [0.25, 0.3) is 5.76 Å². The Morgan fingerprint density at radius 1 is 1.17 bits per heavy atom. The molecule has 2 aromatic rings. The van der Waals surface area contributed by atoms with Crippen LogP contribution in [0.4, 0.5) is 0 Å². The van der Waals surface area contributed by atoms with Crippen LogP contribution in [0.1, 0.15) is 43.9 Å². The molecule has 1 heterocycles. The van der Waals surface area contributed by atoms with E-state index in [-0.39, 0.29) is 11.3 Å². The number of Topliss-reactive ketones (excluding diaryl/α,β-unsaturated/α-hetero) is 1. The summed E-state index contributed by atoms with van der Waals surface area (Å²) in [5.74, 6) is -1.91. The number of aliphatic hydroxyl groups is 1. The Hall–Kier alpha value is -3.12. The number of rotatable bonds is 6. The van der Waals surface area contributed by atoms with Gasteiger partial charge in [-0.2, -0.15) is 0 Å². The minimum atomic E-state index is -0.800. The number of esters is 1. The van der Waals surface area contributed by atoms with Gasteiger partial charge in [0.15, 0.2) is 0 Å². The quantitative estimate of drug-likeness (QED) is 0.241. The number of hydrogen-bond acceptors (Lipinski definition) is 5. The highest BCUT2D eigenvalue weighted by Gasteiger charge is 2.45. The van der Waals surface area contributed by atoms with Gasteiger partial charge in [-0.05, 0) is 36.2 Å². The maximum atomic E-state index is 12.9. The first-order valence-electron chi connectivity index (χ1n) is 9.66. The van der Waals surface area contributed by atoms with Gasteiger partial charge < -0.3 is 14.7 Å². The molecule has 6 nitrogen and oxygen atoms in total. The Balaban J connectivity index is 2.16. The maximum absolute atomic E-state index is 12.9. The third-order valence-electron chi connectivity index (χ3n) is 4.83. The van der Waals surface area contributed by atoms with Crippen LogP contribution in [0.3, 0.4) is 0 Å². The van der Waals surface area contributed by atoms with E-state index < -0.39 is 23.7 Å². The Kier molecular flexibility index (Phi) is 6.57. The van der Waals surface area contributed by atoms with Crippen LogP contribution in [0.2, 0.25) is 5.02 Å². The molecule has 0 bridgehead atoms. The van der Waals surface area contributed by atoms with Crippen LogP contribution in [0, 0.1) is 0 Å². The second-order valence-corrected chi connectivity index (χ2v) is 7.46. The van der Waals surface area contributed by atoms with Crippen LogP contribution >= 0.6 is 11.6 Å². The second-order valence-electron chi connectivity index (χ2n) is 7.02. The first-order valence-corrected chi connectivity index (χ1v) is 10.0. The van der Waals surface area contributed by atoms with Gasteiger partial charge in [0, 0.05) is 24.1 Å². The molecule has 1 fully saturated rings. The average Bonchev–Trinajstić information content (AvgIpc) is 2.96. The van der Waals surface area contributed by atoms with Crippen LogP contribution < -0.4 is 4.74 Å². The normalized spacial score (nSPS) is 18.0. The van der Waals surface area contributed by atoms with Crippen molar-refractivity contribution < 1.29 is 24.2 Å². The predicted octanol–water partition coefficient (Wildman–Crippen LogP) is 4.49. The number of carbonyl (C=O) groups excluding carboxylic acids is 3. The summed E-state index contributed by atoms with van der Waals surface area (Å²) < 4.78 is 5.16. The molecule has 1 saturated heterocycles. The summed E-state index contributed by atoms with van der Waals surface area (Å²) in [6, 6.07) is 12.3. The van der Waals surface area contributed by atoms with Gasteiger partial charge in [-0.25, -0.2) is 0 Å². The number of unbranched alkanes of at least 4 members (excludes halogenated alkanes) is 1. The van der Waals surface area contributed by atoms with Crippen molar-refractivity contribution in [3.05, 3.63) is 70.3 Å². The summed E-state index contributed by atoms with van der Waals surface area (Å²) in [6.07, 6.45) is 1.53. The van der Waals surface area contributed by atoms with Crippen molar-refractivity contribution in [3.63, 3.8) is 0 Å². The molecular weight excluding hydrogens is 406 g/mol. The first kappa shape index (κ1) is 21.6. The zero-order valence-electron chi connectivity index (χ0n) is 16.7. The van der Waals surface area contributed by atoms with Crippen molar-refractivity contribution in [1.29, 1.82) is 0 Å². The highest BCUT2D eigenvalue weighted by atomic mass is 35.5. The zero-order valence-corrected chi connectivity index (χ0v) is 17.5. The van der Waals surface area contributed by atoms with Gasteiger partial charge in [-0.3, -0.25) is 14.4 Å². The number of aliphatic hydroxyl groups excluding tert-OH is 1. The van der Waals surface area contributed by atoms with E-state index in [4.69, 9.17) is 16.3 Å². The van der Waals surface area contributed by atoms with Gasteiger partial charge in [0.25, 0.3) is 11.7 Å². The van der Waals surface area contributed by atoms with Gasteiger partial charge in [-0.1, -0.05) is 49.2 Å². The Labute approximate surface area is 179 Å². The average molecular weight is 428 g/mol. The lowest BCUT2D eigenvalue weighted by molar-refractivity contribution is -0.139. The van der Waals surface area contributed by atoms with Gasteiger partial charge >= 0.3 is 5.97 Å². The molecule has 0 saturated carbocycles. The number of ether oxygens (including phenoxy) is 1. The lowest BCUT2D eigenvalue weighted by Crippen LogP contribution is -2.30. The van der Waals surface area contributed by atoms with E-state index in [0.29, 0.717) is 34.9 Å². The van der Waals surface area contributed by atoms with Crippen molar-refractivity contribution in [3.8, 4) is 5.75 Å². The van der Waals surface area contributed by atoms with E-state index in [2.05, 4.69) is 0 Å². The molecule has 1 unspecified atom stereocenters. The zero-order chi connectivity index (χ0) is 21.8. The SMILES string of the molecule is CCCCN1C(=O)C(=O)/C(=C(\O)c2cccc(Cl)c2)C1c1cccc(OC(C)=O)c1. The van der Waals surface area contributed by atoms with Crippen LogP contribution in [-0.4, -0.2) is 34.2 Å². The molecule has 0 radical (unpaired) electrons. The number of carbonyl (C=O) groups is 3. The minimum Gasteiger partial charge on any atom is -0.507 e. The fourth-order valence-electron chi connectivity index (χ4n) is 3.49. The molecule has 156 valence electrons. The standard InChI is InChI=1S/C23H22ClNO5/c1-3-4-11-25-20(15-7-6-10-18(13-15)30-14(2)26)19(22(28)23(25)29)21(27)16-8-5-9-17(24)12-16/h5-10,12-13,20,27H,3-4,11H2,1-2H3/b21-19-. The van der Waals surface area contributed by atoms with Crippen molar-refractivity contribution in [2.75, 3.05) is 6.54 Å². The summed E-state index contributed by atoms with van der Waals surface area (Å²) in [5.41, 5.74) is 0.892. The summed E-state index contributed by atoms with van der Waals surface area (Å²) in [7, 11) is 0. The van der Waals surface area contributed by atoms with E-state index in [9.17, 15) is 19.5 Å². The minimum absolute atomic E-state index is 0.0154. The smallest absolute Gasteiger partial charge is 0.308 e. The summed E-state index contributed by atoms with van der Waals surface area (Å²) in [5, 5.41) is 11.4. The third kappa shape index (κ3) is 4.39. The summed E-state index contributed by atoms with van der Waals surface area (Å²) in [4.78, 5) is 38.5. The van der Waals surface area contributed by atoms with Crippen molar-refractivity contribution in [2.24, 2.45) is 0 Å². The predicted molar refractivity (Wildman–Crippen MR) is 113 cm³/mol. The fourth-order valence-corrected chi connectivity index (χ4v) is 3.68. The lowest BCUT2D eigenvalue weighted by atomic mass is 9.95. The lowest BCUT2D eigenvalue weighted by Gasteiger charge is -2.25. The van der Waals surface area contributed by atoms with E-state index >= 15 is 0 Å². The molecule has 3 rings (SSSR count). The number of benzene rings is 2. The largest absolute Gasteiger partial charge is 0.507 e. The number of hydrogen-bond donors (Lipinski definition) is 1. The van der Waals surface area contributed by atoms with Crippen LogP contribution in [0.15, 0.2) is 54.1 Å². The molecule has 0 spiro atoms. The molecule has 2 aromatic carbocycles. The Bertz CT molecular complexity index is 1030. The van der Waals surface area contributed by atoms with Gasteiger partial charge in [0.05, 0.1) is 11.6 Å². The van der Waals surface area contributed by atoms with E-state index in [1.54, 1.807) is 42.5 Å². The van der Waals surface area contributed by atoms with Gasteiger partial charge in [-0.15, -0.1) is 0 Å². The number of ketones is 1. The summed E-state index contributed by atoms with van der Waals surface area (Å²) >= 11 is 6.04. The molecule has 1 amide bonds. The Morgan fingerprint density at radius 3 is 2.57 bits per heavy atom. The number of likely N-dealkylation sites (tertiary alicyclic amines) is 1. The van der Waals surface area contributed by atoms with E-state index in [1.165, 1.54) is 17.9 Å². The van der Waals surface area contributed by atoms with Gasteiger partial charge in [0.1, 0.15) is 11.5 Å². The van der Waals surface area contributed by atoms with Gasteiger partial charge in [0.2, 0.25) is 0 Å². The highest BCUT2D eigenvalue weighted by Crippen LogP contribution is 2.40. The topological polar surface area (TPSA) is 83.9 Å². The molecule has 1 atom stereocenters. The van der Waals surface area contributed by atoms with Crippen molar-refractivity contribution >= 4 is 35.0 Å². The Morgan fingerprint density at radius 2 is 1.90 bits per heavy atom. The molecule has 1 N–H and O–H groups in total. The molecule has 1 aliphatic rings. The number of halogens is 1. The van der Waals surface area contributed by atoms with E-state index in [1.807, 2.05) is 6.92 Å². The molecule has 0 aliphatic carbocycles. The molecular formula is C23H22ClNO5. The first-order chi connectivity index (χ1) is 14.3. The highest BCUT2D eigenvalue weighted by molar-refractivity contribution is 6.46. The number of nitrogens with zero attached hydrogens (tertiary/aromatic N) is 1. The van der Waals surface area contributed by atoms with Crippen LogP contribution in [-0.2, 0) is 14.4 Å². The van der Waals surface area contributed by atoms with Crippen molar-refractivity contribution in [2.45, 2.75) is 32.7 Å². The number of amides is 1. The monoisotopic (exact) mass is 427 g/mol. The fraction of sp³-hybridized carbons (Fsp3) is 0.261.